The van der Waals surface area contributed by atoms with Gasteiger partial charge in [-0.3, -0.25) is 10.2 Å². The van der Waals surface area contributed by atoms with Gasteiger partial charge in [0.05, 0.1) is 0 Å². The maximum atomic E-state index is 12.8. The summed E-state index contributed by atoms with van der Waals surface area (Å²) in [5, 5.41) is 0. The monoisotopic (exact) mass is 324 g/mol. The number of hydrogen-bond acceptors (Lipinski definition) is 4. The molecule has 0 saturated carbocycles. The van der Waals surface area contributed by atoms with Gasteiger partial charge in [0.25, 0.3) is 0 Å². The van der Waals surface area contributed by atoms with Crippen LogP contribution in [0.5, 0.6) is 0 Å². The summed E-state index contributed by atoms with van der Waals surface area (Å²) in [6.07, 6.45) is 2.77. The van der Waals surface area contributed by atoms with E-state index in [9.17, 15) is 4.79 Å². The summed E-state index contributed by atoms with van der Waals surface area (Å²) in [6, 6.07) is 6.05. The molecule has 5 nitrogen and oxygen atoms in total. The fraction of sp³-hybridized carbons (Fsp3) is 0.562. The fourth-order valence-electron chi connectivity index (χ4n) is 3.25. The van der Waals surface area contributed by atoms with Crippen molar-refractivity contribution in [2.75, 3.05) is 17.2 Å². The maximum Gasteiger partial charge on any atom is 0.245 e. The van der Waals surface area contributed by atoms with E-state index in [4.69, 9.17) is 5.73 Å². The molecule has 0 aromatic heterocycles. The molecule has 2 heterocycles. The summed E-state index contributed by atoms with van der Waals surface area (Å²) in [7, 11) is 0. The van der Waals surface area contributed by atoms with Gasteiger partial charge in [0, 0.05) is 24.0 Å². The first kappa shape index (κ1) is 17.1. The van der Waals surface area contributed by atoms with E-state index in [1.165, 1.54) is 0 Å². The van der Waals surface area contributed by atoms with E-state index < -0.39 is 0 Å². The third-order valence-corrected chi connectivity index (χ3v) is 4.59. The molecule has 2 aliphatic rings. The SMILES string of the molecule is CC(C)C1CC(C(=O)N2CCCc3c(N)cccc32)NN1.Cl. The number of nitrogens with two attached hydrogens (primary N) is 1. The molecule has 1 amide bonds. The Kier molecular flexibility index (Phi) is 5.32. The second-order valence-electron chi connectivity index (χ2n) is 6.37. The highest BCUT2D eigenvalue weighted by Crippen LogP contribution is 2.32. The van der Waals surface area contributed by atoms with Gasteiger partial charge in [0.15, 0.2) is 0 Å². The lowest BCUT2D eigenvalue weighted by Gasteiger charge is -2.32. The number of nitrogens with zero attached hydrogens (tertiary/aromatic N) is 1. The zero-order valence-electron chi connectivity index (χ0n) is 13.1. The number of nitrogens with one attached hydrogen (secondary N) is 2. The normalized spacial score (nSPS) is 24.0. The maximum absolute atomic E-state index is 12.8. The van der Waals surface area contributed by atoms with Crippen molar-refractivity contribution in [3.63, 3.8) is 0 Å². The smallest absolute Gasteiger partial charge is 0.245 e. The number of hydrazine groups is 1. The van der Waals surface area contributed by atoms with Crippen molar-refractivity contribution in [2.45, 2.75) is 45.2 Å². The molecule has 3 rings (SSSR count). The van der Waals surface area contributed by atoms with Gasteiger partial charge in [0.2, 0.25) is 5.91 Å². The van der Waals surface area contributed by atoms with Gasteiger partial charge >= 0.3 is 0 Å². The van der Waals surface area contributed by atoms with Crippen LogP contribution in [0.3, 0.4) is 0 Å². The number of carbonyl (C=O) groups is 1. The highest BCUT2D eigenvalue weighted by atomic mass is 35.5. The lowest BCUT2D eigenvalue weighted by molar-refractivity contribution is -0.120. The van der Waals surface area contributed by atoms with E-state index >= 15 is 0 Å². The van der Waals surface area contributed by atoms with Crippen molar-refractivity contribution < 1.29 is 4.79 Å². The summed E-state index contributed by atoms with van der Waals surface area (Å²) >= 11 is 0. The number of nitrogen functional groups attached to an aromatic ring is 1. The van der Waals surface area contributed by atoms with E-state index in [0.717, 1.165) is 42.7 Å². The largest absolute Gasteiger partial charge is 0.398 e. The van der Waals surface area contributed by atoms with E-state index in [0.29, 0.717) is 12.0 Å². The van der Waals surface area contributed by atoms with Crippen molar-refractivity contribution >= 4 is 29.7 Å². The van der Waals surface area contributed by atoms with Crippen molar-refractivity contribution in [3.05, 3.63) is 23.8 Å². The molecule has 1 aromatic rings. The first-order valence-electron chi connectivity index (χ1n) is 7.77. The standard InChI is InChI=1S/C16H24N4O.ClH/c1-10(2)13-9-14(19-18-13)16(21)20-8-4-5-11-12(17)6-3-7-15(11)20;/h3,6-7,10,13-14,18-19H,4-5,8-9,17H2,1-2H3;1H. The Morgan fingerprint density at radius 3 is 2.82 bits per heavy atom. The minimum atomic E-state index is -0.148. The van der Waals surface area contributed by atoms with E-state index in [1.807, 2.05) is 23.1 Å². The molecule has 1 aromatic carbocycles. The summed E-state index contributed by atoms with van der Waals surface area (Å²) in [6.45, 7) is 5.12. The van der Waals surface area contributed by atoms with Crippen LogP contribution in [-0.4, -0.2) is 24.5 Å². The number of hydrogen-bond donors (Lipinski definition) is 3. The third-order valence-electron chi connectivity index (χ3n) is 4.59. The lowest BCUT2D eigenvalue weighted by atomic mass is 9.96. The van der Waals surface area contributed by atoms with Gasteiger partial charge in [-0.05, 0) is 42.9 Å². The fourth-order valence-corrected chi connectivity index (χ4v) is 3.25. The number of rotatable bonds is 2. The minimum absolute atomic E-state index is 0. The molecule has 2 aliphatic heterocycles. The Hall–Kier alpha value is -1.30. The Morgan fingerprint density at radius 2 is 2.14 bits per heavy atom. The predicted octanol–water partition coefficient (Wildman–Crippen LogP) is 1.86. The number of fused-ring (bicyclic) bond motifs is 1. The van der Waals surface area contributed by atoms with Gasteiger partial charge < -0.3 is 10.6 Å². The summed E-state index contributed by atoms with van der Waals surface area (Å²) in [5.74, 6) is 0.664. The molecule has 0 radical (unpaired) electrons. The topological polar surface area (TPSA) is 70.4 Å². The molecule has 0 bridgehead atoms. The average Bonchev–Trinajstić information content (AvgIpc) is 2.96. The second-order valence-corrected chi connectivity index (χ2v) is 6.37. The van der Waals surface area contributed by atoms with E-state index in [-0.39, 0.29) is 24.4 Å². The zero-order chi connectivity index (χ0) is 15.0. The minimum Gasteiger partial charge on any atom is -0.398 e. The Bertz CT molecular complexity index is 549. The molecular formula is C16H25ClN4O. The van der Waals surface area contributed by atoms with Crippen LogP contribution in [0.2, 0.25) is 0 Å². The van der Waals surface area contributed by atoms with Crippen LogP contribution >= 0.6 is 12.4 Å². The van der Waals surface area contributed by atoms with Crippen LogP contribution in [0, 0.1) is 5.92 Å². The van der Waals surface area contributed by atoms with Crippen molar-refractivity contribution in [2.24, 2.45) is 5.92 Å². The Balaban J connectivity index is 0.00000176. The summed E-state index contributed by atoms with van der Waals surface area (Å²) < 4.78 is 0. The number of carbonyl (C=O) groups excluding carboxylic acids is 1. The molecule has 122 valence electrons. The average molecular weight is 325 g/mol. The predicted molar refractivity (Wildman–Crippen MR) is 92.1 cm³/mol. The number of benzene rings is 1. The Morgan fingerprint density at radius 1 is 1.36 bits per heavy atom. The number of anilines is 2. The van der Waals surface area contributed by atoms with Gasteiger partial charge in [-0.2, -0.15) is 0 Å². The lowest BCUT2D eigenvalue weighted by Crippen LogP contribution is -2.47. The summed E-state index contributed by atoms with van der Waals surface area (Å²) in [5.41, 5.74) is 15.3. The molecule has 2 unspecified atom stereocenters. The molecule has 1 fully saturated rings. The highest BCUT2D eigenvalue weighted by Gasteiger charge is 2.35. The zero-order valence-corrected chi connectivity index (χ0v) is 14.0. The molecule has 4 N–H and O–H groups in total. The highest BCUT2D eigenvalue weighted by molar-refractivity contribution is 5.99. The van der Waals surface area contributed by atoms with Crippen LogP contribution in [0.25, 0.3) is 0 Å². The second kappa shape index (κ2) is 6.86. The van der Waals surface area contributed by atoms with Gasteiger partial charge in [0.1, 0.15) is 6.04 Å². The summed E-state index contributed by atoms with van der Waals surface area (Å²) in [4.78, 5) is 14.7. The van der Waals surface area contributed by atoms with Gasteiger partial charge in [-0.1, -0.05) is 19.9 Å². The van der Waals surface area contributed by atoms with Crippen molar-refractivity contribution in [1.29, 1.82) is 0 Å². The quantitative estimate of drug-likeness (QED) is 0.726. The van der Waals surface area contributed by atoms with Gasteiger partial charge in [-0.15, -0.1) is 12.4 Å². The number of amides is 1. The molecule has 1 saturated heterocycles. The third kappa shape index (κ3) is 3.07. The van der Waals surface area contributed by atoms with Gasteiger partial charge in [-0.25, -0.2) is 5.43 Å². The molecular weight excluding hydrogens is 300 g/mol. The molecule has 0 aliphatic carbocycles. The molecule has 22 heavy (non-hydrogen) atoms. The number of halogens is 1. The van der Waals surface area contributed by atoms with Crippen LogP contribution in [-0.2, 0) is 11.2 Å². The van der Waals surface area contributed by atoms with Crippen LogP contribution in [0.15, 0.2) is 18.2 Å². The van der Waals surface area contributed by atoms with Crippen LogP contribution in [0.4, 0.5) is 11.4 Å². The molecule has 2 atom stereocenters. The first-order chi connectivity index (χ1) is 10.1. The molecule has 6 heteroatoms. The molecule has 0 spiro atoms. The Labute approximate surface area is 138 Å². The van der Waals surface area contributed by atoms with Crippen molar-refractivity contribution in [3.8, 4) is 0 Å². The van der Waals surface area contributed by atoms with Crippen molar-refractivity contribution in [1.82, 2.24) is 10.9 Å². The van der Waals surface area contributed by atoms with E-state index in [2.05, 4.69) is 24.7 Å². The van der Waals surface area contributed by atoms with Crippen LogP contribution in [0.1, 0.15) is 32.3 Å². The van der Waals surface area contributed by atoms with Crippen LogP contribution < -0.4 is 21.5 Å². The van der Waals surface area contributed by atoms with E-state index in [1.54, 1.807) is 0 Å². The first-order valence-corrected chi connectivity index (χ1v) is 7.77.